The van der Waals surface area contributed by atoms with Crippen LogP contribution < -0.4 is 26.0 Å². The molecule has 0 N–H and O–H groups in total. The zero-order valence-electron chi connectivity index (χ0n) is 41.2. The van der Waals surface area contributed by atoms with Crippen LogP contribution in [0.15, 0.2) is 218 Å². The molecule has 0 bridgehead atoms. The summed E-state index contributed by atoms with van der Waals surface area (Å²) in [5.74, 6) is 1.79. The Morgan fingerprint density at radius 1 is 0.342 bits per heavy atom. The predicted octanol–water partition coefficient (Wildman–Crippen LogP) is 14.7. The number of fused-ring (bicyclic) bond motifs is 12. The van der Waals surface area contributed by atoms with Crippen LogP contribution >= 0.6 is 0 Å². The number of nitrogens with zero attached hydrogens (tertiary/aromatic N) is 1. The van der Waals surface area contributed by atoms with E-state index in [1.807, 2.05) is 0 Å². The predicted molar refractivity (Wildman–Crippen MR) is 301 cm³/mol. The fourth-order valence-electron chi connectivity index (χ4n) is 16.1. The number of para-hydroxylation sites is 4. The maximum absolute atomic E-state index is 6.69. The van der Waals surface area contributed by atoms with Gasteiger partial charge in [-0.1, -0.05) is 226 Å². The van der Waals surface area contributed by atoms with Crippen LogP contribution in [0.4, 0.5) is 17.1 Å². The van der Waals surface area contributed by atoms with Gasteiger partial charge in [0.15, 0.2) is 0 Å². The van der Waals surface area contributed by atoms with Gasteiger partial charge in [-0.15, -0.1) is 0 Å². The van der Waals surface area contributed by atoms with Gasteiger partial charge in [-0.25, -0.2) is 0 Å². The molecule has 2 spiro atoms. The Hall–Kier alpha value is -8.40. The van der Waals surface area contributed by atoms with Crippen molar-refractivity contribution < 1.29 is 4.74 Å². The first-order chi connectivity index (χ1) is 35.7. The van der Waals surface area contributed by atoms with Crippen molar-refractivity contribution in [3.05, 3.63) is 285 Å². The lowest BCUT2D eigenvalue weighted by Gasteiger charge is -2.53. The van der Waals surface area contributed by atoms with E-state index in [-0.39, 0.29) is 17.5 Å². The summed E-state index contributed by atoms with van der Waals surface area (Å²) in [6.45, 7) is 10.1. The molecule has 0 saturated carbocycles. The molecule has 73 heavy (non-hydrogen) atoms. The first-order valence-electron chi connectivity index (χ1n) is 26.1. The fraction of sp³-hybridized carbons (Fsp3) is 0.114. The lowest BCUT2D eigenvalue weighted by Crippen LogP contribution is -2.71. The molecule has 0 saturated heterocycles. The lowest BCUT2D eigenvalue weighted by molar-refractivity contribution is 0.434. The standard InChI is InChI=1S/C70H48BNO/c1-67(2)51-23-14-24-52-64(51)71-65-53(67)25-15-27-55(65)70(56-28-16-26-54(66(56)71)68(52,3)4)50-22-13-17-42-33-34-43-37-40-45(63(70)62(43)61(42)50)41-35-38-44(39-36-41)72-57-29-9-5-18-46(57)69(47-19-6-10-30-58(47)72)48-20-7-11-31-59(48)73-60-32-12-8-21-49(60)69/h5-40H,1-4H3. The molecule has 0 fully saturated rings. The molecule has 342 valence electrons. The van der Waals surface area contributed by atoms with Crippen LogP contribution in [0.25, 0.3) is 32.7 Å². The Bertz CT molecular complexity index is 4150. The summed E-state index contributed by atoms with van der Waals surface area (Å²) in [4.78, 5) is 2.49. The fourth-order valence-corrected chi connectivity index (χ4v) is 16.1. The molecule has 17 rings (SSSR count). The van der Waals surface area contributed by atoms with Crippen LogP contribution in [0.3, 0.4) is 0 Å². The van der Waals surface area contributed by atoms with E-state index >= 15 is 0 Å². The van der Waals surface area contributed by atoms with Crippen molar-refractivity contribution in [1.82, 2.24) is 0 Å². The third kappa shape index (κ3) is 4.50. The molecule has 11 aromatic rings. The average molecular weight is 930 g/mol. The molecule has 5 aliphatic heterocycles. The number of ether oxygens (including phenoxy) is 1. The highest BCUT2D eigenvalue weighted by molar-refractivity contribution is 6.98. The second-order valence-corrected chi connectivity index (χ2v) is 22.5. The van der Waals surface area contributed by atoms with Gasteiger partial charge in [-0.2, -0.15) is 0 Å². The van der Waals surface area contributed by atoms with Crippen molar-refractivity contribution >= 4 is 61.7 Å². The highest BCUT2D eigenvalue weighted by Crippen LogP contribution is 2.64. The summed E-state index contributed by atoms with van der Waals surface area (Å²) in [5.41, 5.74) is 25.4. The smallest absolute Gasteiger partial charge is 0.243 e. The van der Waals surface area contributed by atoms with E-state index in [2.05, 4.69) is 251 Å². The van der Waals surface area contributed by atoms with Crippen molar-refractivity contribution in [3.8, 4) is 22.6 Å². The summed E-state index contributed by atoms with van der Waals surface area (Å²) >= 11 is 0. The second-order valence-electron chi connectivity index (χ2n) is 22.5. The van der Waals surface area contributed by atoms with E-state index in [4.69, 9.17) is 4.74 Å². The number of hydrogen-bond acceptors (Lipinski definition) is 2. The van der Waals surface area contributed by atoms with Crippen LogP contribution in [-0.2, 0) is 21.7 Å². The molecule has 3 heteroatoms. The first-order valence-corrected chi connectivity index (χ1v) is 26.1. The Kier molecular flexibility index (Phi) is 7.36. The molecular formula is C70H48BNO. The summed E-state index contributed by atoms with van der Waals surface area (Å²) < 4.78 is 6.69. The zero-order valence-corrected chi connectivity index (χ0v) is 41.2. The monoisotopic (exact) mass is 929 g/mol. The minimum atomic E-state index is -0.584. The molecule has 1 aliphatic carbocycles. The van der Waals surface area contributed by atoms with Gasteiger partial charge in [0.05, 0.1) is 22.2 Å². The largest absolute Gasteiger partial charge is 0.457 e. The lowest BCUT2D eigenvalue weighted by atomic mass is 9.23. The maximum Gasteiger partial charge on any atom is 0.243 e. The Labute approximate surface area is 426 Å². The molecule has 0 atom stereocenters. The van der Waals surface area contributed by atoms with Gasteiger partial charge in [-0.05, 0) is 125 Å². The Morgan fingerprint density at radius 3 is 1.33 bits per heavy atom. The minimum Gasteiger partial charge on any atom is -0.457 e. The Morgan fingerprint density at radius 2 is 0.767 bits per heavy atom. The van der Waals surface area contributed by atoms with Gasteiger partial charge in [0.2, 0.25) is 6.71 Å². The number of benzene rings is 11. The minimum absolute atomic E-state index is 0.164. The molecule has 11 aromatic carbocycles. The molecule has 0 aromatic heterocycles. The summed E-state index contributed by atoms with van der Waals surface area (Å²) in [5, 5.41) is 5.37. The number of rotatable bonds is 2. The molecular weight excluding hydrogens is 882 g/mol. The van der Waals surface area contributed by atoms with E-state index in [9.17, 15) is 0 Å². The zero-order chi connectivity index (χ0) is 48.3. The van der Waals surface area contributed by atoms with Crippen LogP contribution in [0.1, 0.15) is 94.5 Å². The summed E-state index contributed by atoms with van der Waals surface area (Å²) in [7, 11) is 0. The highest BCUT2D eigenvalue weighted by atomic mass is 16.5. The first kappa shape index (κ1) is 40.2. The van der Waals surface area contributed by atoms with Crippen molar-refractivity contribution in [3.63, 3.8) is 0 Å². The molecule has 6 aliphatic rings. The Balaban J connectivity index is 0.915. The van der Waals surface area contributed by atoms with Gasteiger partial charge in [0.1, 0.15) is 11.5 Å². The molecule has 0 amide bonds. The van der Waals surface area contributed by atoms with Crippen molar-refractivity contribution in [2.45, 2.75) is 49.4 Å². The quantitative estimate of drug-likeness (QED) is 0.127. The second kappa shape index (κ2) is 13.4. The van der Waals surface area contributed by atoms with Crippen LogP contribution in [0.5, 0.6) is 11.5 Å². The summed E-state index contributed by atoms with van der Waals surface area (Å²) in [6, 6.07) is 83.4. The normalized spacial score (nSPS) is 17.0. The molecule has 0 unspecified atom stereocenters. The van der Waals surface area contributed by atoms with E-state index < -0.39 is 10.8 Å². The highest BCUT2D eigenvalue weighted by Gasteiger charge is 2.59. The van der Waals surface area contributed by atoms with Crippen LogP contribution in [-0.4, -0.2) is 6.71 Å². The molecule has 2 nitrogen and oxygen atoms in total. The van der Waals surface area contributed by atoms with E-state index in [1.165, 1.54) is 105 Å². The van der Waals surface area contributed by atoms with Gasteiger partial charge in [0, 0.05) is 27.6 Å². The SMILES string of the molecule is CC1(C)c2cccc3c2B2c4c1cccc4C1(c4cccc(c42)C3(C)C)c2cccc3ccc4ccc(-c5ccc(N6c7ccccc7C7(c8ccccc8Oc8ccccc87)c7ccccc76)cc5)c1c4c23. The number of hydrogen-bond donors (Lipinski definition) is 0. The topological polar surface area (TPSA) is 12.5 Å². The van der Waals surface area contributed by atoms with Gasteiger partial charge < -0.3 is 9.64 Å². The van der Waals surface area contributed by atoms with Gasteiger partial charge in [-0.3, -0.25) is 0 Å². The molecule has 0 radical (unpaired) electrons. The van der Waals surface area contributed by atoms with E-state index in [1.54, 1.807) is 0 Å². The van der Waals surface area contributed by atoms with Crippen molar-refractivity contribution in [2.75, 3.05) is 4.90 Å². The van der Waals surface area contributed by atoms with Crippen molar-refractivity contribution in [2.24, 2.45) is 0 Å². The van der Waals surface area contributed by atoms with Crippen molar-refractivity contribution in [1.29, 1.82) is 0 Å². The average Bonchev–Trinajstić information content (AvgIpc) is 3.74. The third-order valence-corrected chi connectivity index (χ3v) is 18.8. The maximum atomic E-state index is 6.69. The van der Waals surface area contributed by atoms with E-state index in [0.717, 1.165) is 39.7 Å². The molecule has 5 heterocycles. The number of anilines is 3. The van der Waals surface area contributed by atoms with Crippen LogP contribution in [0.2, 0.25) is 0 Å². The van der Waals surface area contributed by atoms with Gasteiger partial charge >= 0.3 is 0 Å². The van der Waals surface area contributed by atoms with Crippen LogP contribution in [0, 0.1) is 0 Å². The van der Waals surface area contributed by atoms with Gasteiger partial charge in [0.25, 0.3) is 0 Å². The third-order valence-electron chi connectivity index (χ3n) is 18.8. The van der Waals surface area contributed by atoms with E-state index in [0.29, 0.717) is 0 Å². The summed E-state index contributed by atoms with van der Waals surface area (Å²) in [6.07, 6.45) is 0.